The number of hydrogen-bond donors (Lipinski definition) is 1. The average molecular weight is 247 g/mol. The van der Waals surface area contributed by atoms with Gasteiger partial charge in [-0.3, -0.25) is 0 Å². The Hall–Kier alpha value is -0.780. The quantitative estimate of drug-likeness (QED) is 0.753. The van der Waals surface area contributed by atoms with E-state index in [-0.39, 0.29) is 4.90 Å². The molecule has 1 heterocycles. The molecule has 0 saturated carbocycles. The van der Waals surface area contributed by atoms with Crippen LogP contribution in [0.5, 0.6) is 0 Å². The molecule has 0 radical (unpaired) electrons. The Balaban J connectivity index is 2.66. The van der Waals surface area contributed by atoms with Gasteiger partial charge in [0, 0.05) is 25.2 Å². The zero-order chi connectivity index (χ0) is 11.1. The first-order valence-corrected chi connectivity index (χ1v) is 6.33. The van der Waals surface area contributed by atoms with Crippen LogP contribution in [0.2, 0.25) is 5.02 Å². The zero-order valence-corrected chi connectivity index (χ0v) is 9.77. The molecule has 1 aliphatic heterocycles. The molecular weight excluding hydrogens is 236 g/mol. The molecule has 0 unspecified atom stereocenters. The van der Waals surface area contributed by atoms with Crippen LogP contribution in [-0.4, -0.2) is 32.9 Å². The smallest absolute Gasteiger partial charge is 0.244 e. The Morgan fingerprint density at radius 3 is 2.93 bits per heavy atom. The second kappa shape index (κ2) is 3.66. The number of benzene rings is 1. The van der Waals surface area contributed by atoms with E-state index in [0.717, 1.165) is 0 Å². The maximum atomic E-state index is 12.0. The van der Waals surface area contributed by atoms with Crippen molar-refractivity contribution in [3.8, 4) is 0 Å². The van der Waals surface area contributed by atoms with Crippen molar-refractivity contribution in [1.82, 2.24) is 4.31 Å². The normalized spacial score (nSPS) is 20.1. The third-order valence-corrected chi connectivity index (χ3v) is 4.51. The highest BCUT2D eigenvalue weighted by Crippen LogP contribution is 2.28. The van der Waals surface area contributed by atoms with E-state index in [1.807, 2.05) is 0 Å². The molecule has 4 nitrogen and oxygen atoms in total. The van der Waals surface area contributed by atoms with Crippen LogP contribution in [0, 0.1) is 0 Å². The first-order valence-electron chi connectivity index (χ1n) is 4.51. The molecule has 0 bridgehead atoms. The van der Waals surface area contributed by atoms with Crippen LogP contribution in [0.15, 0.2) is 23.1 Å². The summed E-state index contributed by atoms with van der Waals surface area (Å²) in [5, 5.41) is 3.48. The molecule has 0 aromatic heterocycles. The fourth-order valence-corrected chi connectivity index (χ4v) is 3.09. The number of nitrogens with one attached hydrogen (secondary N) is 1. The maximum absolute atomic E-state index is 12.0. The number of rotatable bonds is 0. The third-order valence-electron chi connectivity index (χ3n) is 2.37. The lowest BCUT2D eigenvalue weighted by molar-refractivity contribution is 0.485. The summed E-state index contributed by atoms with van der Waals surface area (Å²) >= 11 is 5.79. The highest BCUT2D eigenvalue weighted by atomic mass is 35.5. The standard InChI is InChI=1S/C9H11ClN2O2S/c1-12-5-4-11-8-3-2-7(10)6-9(8)15(12,13)14/h2-3,6,11H,4-5H2,1H3. The van der Waals surface area contributed by atoms with Gasteiger partial charge in [0.2, 0.25) is 10.0 Å². The second-order valence-electron chi connectivity index (χ2n) is 3.39. The predicted molar refractivity (Wildman–Crippen MR) is 59.8 cm³/mol. The number of fused-ring (bicyclic) bond motifs is 1. The van der Waals surface area contributed by atoms with Crippen molar-refractivity contribution in [2.24, 2.45) is 0 Å². The van der Waals surface area contributed by atoms with E-state index in [2.05, 4.69) is 5.32 Å². The lowest BCUT2D eigenvalue weighted by atomic mass is 10.3. The molecule has 0 atom stereocenters. The molecule has 6 heteroatoms. The fourth-order valence-electron chi connectivity index (χ4n) is 1.49. The molecule has 2 rings (SSSR count). The summed E-state index contributed by atoms with van der Waals surface area (Å²) in [6, 6.07) is 4.84. The average Bonchev–Trinajstić information content (AvgIpc) is 2.28. The van der Waals surface area contributed by atoms with Gasteiger partial charge in [-0.15, -0.1) is 0 Å². The van der Waals surface area contributed by atoms with Gasteiger partial charge in [0.1, 0.15) is 4.90 Å². The summed E-state index contributed by atoms with van der Waals surface area (Å²) in [6.07, 6.45) is 0. The Morgan fingerprint density at radius 1 is 1.47 bits per heavy atom. The molecule has 0 aliphatic carbocycles. The largest absolute Gasteiger partial charge is 0.383 e. The minimum Gasteiger partial charge on any atom is -0.383 e. The van der Waals surface area contributed by atoms with E-state index in [1.165, 1.54) is 10.4 Å². The van der Waals surface area contributed by atoms with E-state index in [4.69, 9.17) is 11.6 Å². The van der Waals surface area contributed by atoms with Crippen LogP contribution in [0.4, 0.5) is 5.69 Å². The van der Waals surface area contributed by atoms with E-state index < -0.39 is 10.0 Å². The number of anilines is 1. The van der Waals surface area contributed by atoms with Crippen molar-refractivity contribution < 1.29 is 8.42 Å². The third kappa shape index (κ3) is 1.82. The molecule has 0 saturated heterocycles. The molecule has 1 aromatic rings. The van der Waals surface area contributed by atoms with Crippen molar-refractivity contribution in [1.29, 1.82) is 0 Å². The molecular formula is C9H11ClN2O2S. The Kier molecular flexibility index (Phi) is 2.62. The first-order chi connectivity index (χ1) is 7.01. The molecule has 0 spiro atoms. The minimum atomic E-state index is -3.39. The van der Waals surface area contributed by atoms with Crippen molar-refractivity contribution in [3.05, 3.63) is 23.2 Å². The van der Waals surface area contributed by atoms with Crippen LogP contribution in [0.3, 0.4) is 0 Å². The van der Waals surface area contributed by atoms with Crippen LogP contribution in [0.1, 0.15) is 0 Å². The summed E-state index contributed by atoms with van der Waals surface area (Å²) in [7, 11) is -1.83. The molecule has 1 aromatic carbocycles. The number of halogens is 1. The van der Waals surface area contributed by atoms with E-state index in [0.29, 0.717) is 23.8 Å². The number of nitrogens with zero attached hydrogens (tertiary/aromatic N) is 1. The summed E-state index contributed by atoms with van der Waals surface area (Å²) in [6.45, 7) is 1.05. The Bertz CT molecular complexity index is 487. The lowest BCUT2D eigenvalue weighted by Gasteiger charge is -2.13. The molecule has 15 heavy (non-hydrogen) atoms. The molecule has 1 N–H and O–H groups in total. The van der Waals surface area contributed by atoms with Crippen molar-refractivity contribution >= 4 is 27.3 Å². The van der Waals surface area contributed by atoms with Crippen LogP contribution in [-0.2, 0) is 10.0 Å². The summed E-state index contributed by atoms with van der Waals surface area (Å²) in [4.78, 5) is 0.245. The molecule has 0 amide bonds. The van der Waals surface area contributed by atoms with Gasteiger partial charge in [0.25, 0.3) is 0 Å². The van der Waals surface area contributed by atoms with E-state index in [1.54, 1.807) is 19.2 Å². The summed E-state index contributed by atoms with van der Waals surface area (Å²) < 4.78 is 25.3. The zero-order valence-electron chi connectivity index (χ0n) is 8.20. The van der Waals surface area contributed by atoms with Crippen LogP contribution >= 0.6 is 11.6 Å². The predicted octanol–water partition coefficient (Wildman–Crippen LogP) is 1.39. The highest BCUT2D eigenvalue weighted by molar-refractivity contribution is 7.89. The van der Waals surface area contributed by atoms with Gasteiger partial charge in [-0.2, -0.15) is 4.31 Å². The van der Waals surface area contributed by atoms with Crippen molar-refractivity contribution in [2.45, 2.75) is 4.90 Å². The second-order valence-corrected chi connectivity index (χ2v) is 5.84. The highest BCUT2D eigenvalue weighted by Gasteiger charge is 2.26. The van der Waals surface area contributed by atoms with Crippen molar-refractivity contribution in [3.63, 3.8) is 0 Å². The Morgan fingerprint density at radius 2 is 2.20 bits per heavy atom. The fraction of sp³-hybridized carbons (Fsp3) is 0.333. The maximum Gasteiger partial charge on any atom is 0.244 e. The SMILES string of the molecule is CN1CCNc2ccc(Cl)cc2S1(=O)=O. The van der Waals surface area contributed by atoms with Gasteiger partial charge in [0.15, 0.2) is 0 Å². The topological polar surface area (TPSA) is 49.4 Å². The number of sulfonamides is 1. The van der Waals surface area contributed by atoms with Gasteiger partial charge in [-0.25, -0.2) is 8.42 Å². The van der Waals surface area contributed by atoms with Crippen LogP contribution in [0.25, 0.3) is 0 Å². The lowest BCUT2D eigenvalue weighted by Crippen LogP contribution is -2.28. The van der Waals surface area contributed by atoms with Crippen molar-refractivity contribution in [2.75, 3.05) is 25.5 Å². The molecule has 0 fully saturated rings. The summed E-state index contributed by atoms with van der Waals surface area (Å²) in [5.74, 6) is 0. The van der Waals surface area contributed by atoms with Gasteiger partial charge in [-0.05, 0) is 18.2 Å². The monoisotopic (exact) mass is 246 g/mol. The molecule has 1 aliphatic rings. The van der Waals surface area contributed by atoms with Gasteiger partial charge in [0.05, 0.1) is 5.69 Å². The first kappa shape index (κ1) is 10.7. The van der Waals surface area contributed by atoms with Gasteiger partial charge in [-0.1, -0.05) is 11.6 Å². The van der Waals surface area contributed by atoms with E-state index >= 15 is 0 Å². The van der Waals surface area contributed by atoms with Crippen LogP contribution < -0.4 is 5.32 Å². The number of likely N-dealkylation sites (N-methyl/N-ethyl adjacent to an activating group) is 1. The van der Waals surface area contributed by atoms with E-state index in [9.17, 15) is 8.42 Å². The minimum absolute atomic E-state index is 0.245. The van der Waals surface area contributed by atoms with Gasteiger partial charge >= 0.3 is 0 Å². The molecule has 82 valence electrons. The summed E-state index contributed by atoms with van der Waals surface area (Å²) in [5.41, 5.74) is 0.615. The van der Waals surface area contributed by atoms with Gasteiger partial charge < -0.3 is 5.32 Å². The number of hydrogen-bond acceptors (Lipinski definition) is 3. The Labute approximate surface area is 93.9 Å².